The molecule has 2 aromatic carbocycles. The minimum Gasteiger partial charge on any atom is -0.380 e. The average molecular weight is 422 g/mol. The van der Waals surface area contributed by atoms with E-state index in [1.165, 1.54) is 35.4 Å². The molecule has 2 aromatic rings. The van der Waals surface area contributed by atoms with Gasteiger partial charge in [0.1, 0.15) is 5.82 Å². The number of nitrogens with zero attached hydrogens (tertiary/aromatic N) is 2. The number of nitrogens with one attached hydrogen (secondary N) is 1. The molecule has 3 fully saturated rings. The van der Waals surface area contributed by atoms with Crippen LogP contribution in [0, 0.1) is 11.7 Å². The highest BCUT2D eigenvalue weighted by Gasteiger charge is 2.58. The first kappa shape index (κ1) is 19.3. The fourth-order valence-electron chi connectivity index (χ4n) is 6.58. The molecule has 0 radical (unpaired) electrons. The van der Waals surface area contributed by atoms with Gasteiger partial charge < -0.3 is 15.3 Å². The Balaban J connectivity index is 1.40. The first-order valence-corrected chi connectivity index (χ1v) is 11.4. The number of aliphatic hydroxyl groups excluding tert-OH is 1. The fourth-order valence-corrected chi connectivity index (χ4v) is 6.58. The first-order chi connectivity index (χ1) is 15.0. The third-order valence-electron chi connectivity index (χ3n) is 8.06. The Bertz CT molecular complexity index is 1020. The number of carbonyl (C=O) groups excluding carboxylic acids is 1. The number of carbonyl (C=O) groups is 1. The monoisotopic (exact) mass is 421 g/mol. The predicted molar refractivity (Wildman–Crippen MR) is 117 cm³/mol. The molecule has 6 rings (SSSR count). The zero-order valence-electron chi connectivity index (χ0n) is 17.7. The van der Waals surface area contributed by atoms with Crippen LogP contribution in [0.5, 0.6) is 0 Å². The molecule has 0 bridgehead atoms. The predicted octanol–water partition coefficient (Wildman–Crippen LogP) is 3.75. The molecule has 3 heterocycles. The molecule has 5 nitrogen and oxygen atoms in total. The van der Waals surface area contributed by atoms with Crippen LogP contribution < -0.4 is 5.32 Å². The minimum atomic E-state index is -0.843. The summed E-state index contributed by atoms with van der Waals surface area (Å²) >= 11 is 0. The van der Waals surface area contributed by atoms with Crippen molar-refractivity contribution >= 4 is 11.6 Å². The summed E-state index contributed by atoms with van der Waals surface area (Å²) in [6, 6.07) is 13.1. The van der Waals surface area contributed by atoms with Crippen molar-refractivity contribution in [1.82, 2.24) is 9.80 Å². The topological polar surface area (TPSA) is 55.8 Å². The molecule has 2 N–H and O–H groups in total. The number of fused-ring (bicyclic) bond motifs is 4. The lowest BCUT2D eigenvalue weighted by Crippen LogP contribution is -2.61. The van der Waals surface area contributed by atoms with Gasteiger partial charge in [-0.05, 0) is 66.1 Å². The van der Waals surface area contributed by atoms with Gasteiger partial charge in [0.15, 0.2) is 6.35 Å². The molecule has 1 saturated carbocycles. The fraction of sp³-hybridized carbons (Fsp3) is 0.480. The molecular formula is C25H28FN3O2. The second-order valence-electron chi connectivity index (χ2n) is 9.61. The van der Waals surface area contributed by atoms with Gasteiger partial charge in [0.05, 0.1) is 6.04 Å². The summed E-state index contributed by atoms with van der Waals surface area (Å²) in [5, 5.41) is 14.7. The lowest BCUT2D eigenvalue weighted by molar-refractivity contribution is -0.133. The van der Waals surface area contributed by atoms with E-state index in [1.807, 2.05) is 12.1 Å². The Kier molecular flexibility index (Phi) is 4.37. The van der Waals surface area contributed by atoms with Crippen molar-refractivity contribution in [3.05, 3.63) is 53.8 Å². The molecule has 4 aliphatic rings. The lowest BCUT2D eigenvalue weighted by Gasteiger charge is -2.47. The second-order valence-corrected chi connectivity index (χ2v) is 9.61. The van der Waals surface area contributed by atoms with Crippen molar-refractivity contribution in [2.24, 2.45) is 5.92 Å². The summed E-state index contributed by atoms with van der Waals surface area (Å²) in [7, 11) is 1.71. The summed E-state index contributed by atoms with van der Waals surface area (Å²) in [5.74, 6) is 0.505. The number of piperidine rings is 1. The Labute approximate surface area is 181 Å². The van der Waals surface area contributed by atoms with Crippen LogP contribution in [0.1, 0.15) is 43.6 Å². The molecule has 6 heteroatoms. The maximum absolute atomic E-state index is 13.4. The van der Waals surface area contributed by atoms with E-state index in [0.717, 1.165) is 29.7 Å². The number of hydrogen-bond donors (Lipinski definition) is 2. The molecule has 0 spiro atoms. The smallest absolute Gasteiger partial charge is 0.242 e. The van der Waals surface area contributed by atoms with Crippen LogP contribution in [0.15, 0.2) is 42.5 Å². The molecule has 1 amide bonds. The van der Waals surface area contributed by atoms with Crippen molar-refractivity contribution in [3.8, 4) is 11.1 Å². The number of rotatable bonds is 2. The number of aliphatic hydroxyl groups is 1. The minimum absolute atomic E-state index is 0.0251. The van der Waals surface area contributed by atoms with Gasteiger partial charge in [0, 0.05) is 30.7 Å². The van der Waals surface area contributed by atoms with Gasteiger partial charge in [0.2, 0.25) is 5.91 Å². The zero-order valence-corrected chi connectivity index (χ0v) is 17.7. The summed E-state index contributed by atoms with van der Waals surface area (Å²) < 4.78 is 13.4. The highest BCUT2D eigenvalue weighted by molar-refractivity contribution is 5.85. The van der Waals surface area contributed by atoms with Crippen molar-refractivity contribution in [2.75, 3.05) is 12.4 Å². The van der Waals surface area contributed by atoms with Crippen LogP contribution >= 0.6 is 0 Å². The average Bonchev–Trinajstić information content (AvgIpc) is 3.48. The maximum atomic E-state index is 13.4. The summed E-state index contributed by atoms with van der Waals surface area (Å²) in [4.78, 5) is 16.6. The van der Waals surface area contributed by atoms with Gasteiger partial charge in [-0.3, -0.25) is 4.79 Å². The van der Waals surface area contributed by atoms with E-state index >= 15 is 0 Å². The van der Waals surface area contributed by atoms with Crippen LogP contribution in [-0.4, -0.2) is 52.3 Å². The van der Waals surface area contributed by atoms with Crippen LogP contribution in [0.3, 0.4) is 0 Å². The molecule has 5 atom stereocenters. The third kappa shape index (κ3) is 2.84. The largest absolute Gasteiger partial charge is 0.380 e. The van der Waals surface area contributed by atoms with E-state index in [0.29, 0.717) is 12.3 Å². The Morgan fingerprint density at radius 3 is 2.52 bits per heavy atom. The van der Waals surface area contributed by atoms with Crippen molar-refractivity contribution < 1.29 is 14.3 Å². The quantitative estimate of drug-likeness (QED) is 0.776. The van der Waals surface area contributed by atoms with Gasteiger partial charge in [-0.1, -0.05) is 31.0 Å². The van der Waals surface area contributed by atoms with E-state index in [1.54, 1.807) is 7.05 Å². The van der Waals surface area contributed by atoms with Crippen LogP contribution in [0.25, 0.3) is 11.1 Å². The lowest BCUT2D eigenvalue weighted by atomic mass is 9.75. The number of likely N-dealkylation sites (N-methyl/N-ethyl adjacent to an activating group) is 1. The van der Waals surface area contributed by atoms with E-state index in [4.69, 9.17) is 0 Å². The summed E-state index contributed by atoms with van der Waals surface area (Å²) in [6.45, 7) is 0. The summed E-state index contributed by atoms with van der Waals surface area (Å²) in [6.07, 6.45) is 4.61. The SMILES string of the molecule is CN1C(=O)C2CC3c4cc(-c5ccc(F)cc5)ccc4NC3C(C3CCCC3)N2C1O. The standard InChI is InChI=1S/C25H28FN3O2/c1-28-24(30)21-13-19-18-12-16(14-6-9-17(26)10-7-14)8-11-20(18)27-22(19)23(29(21)25(28)31)15-4-2-3-5-15/h6-12,15,19,21-23,25,27,31H,2-5,13H2,1H3. The second kappa shape index (κ2) is 7.04. The highest BCUT2D eigenvalue weighted by Crippen LogP contribution is 2.51. The molecule has 3 aliphatic heterocycles. The molecule has 162 valence electrons. The molecule has 2 saturated heterocycles. The Hall–Kier alpha value is -2.44. The number of halogens is 1. The normalized spacial score (nSPS) is 32.7. The van der Waals surface area contributed by atoms with E-state index in [-0.39, 0.29) is 35.8 Å². The third-order valence-corrected chi connectivity index (χ3v) is 8.06. The first-order valence-electron chi connectivity index (χ1n) is 11.4. The van der Waals surface area contributed by atoms with Crippen molar-refractivity contribution in [3.63, 3.8) is 0 Å². The van der Waals surface area contributed by atoms with Crippen LogP contribution in [0.2, 0.25) is 0 Å². The number of hydrogen-bond acceptors (Lipinski definition) is 4. The number of amides is 1. The molecular weight excluding hydrogens is 393 g/mol. The highest BCUT2D eigenvalue weighted by atomic mass is 19.1. The van der Waals surface area contributed by atoms with Crippen molar-refractivity contribution in [2.45, 2.75) is 62.5 Å². The molecule has 1 aliphatic carbocycles. The van der Waals surface area contributed by atoms with Gasteiger partial charge in [-0.2, -0.15) is 0 Å². The molecule has 0 aromatic heterocycles. The van der Waals surface area contributed by atoms with E-state index < -0.39 is 6.35 Å². The number of benzene rings is 2. The number of anilines is 1. The Morgan fingerprint density at radius 2 is 1.77 bits per heavy atom. The van der Waals surface area contributed by atoms with Gasteiger partial charge in [0.25, 0.3) is 0 Å². The van der Waals surface area contributed by atoms with Crippen LogP contribution in [0.4, 0.5) is 10.1 Å². The van der Waals surface area contributed by atoms with Crippen molar-refractivity contribution in [1.29, 1.82) is 0 Å². The molecule has 5 unspecified atom stereocenters. The van der Waals surface area contributed by atoms with Gasteiger partial charge >= 0.3 is 0 Å². The maximum Gasteiger partial charge on any atom is 0.242 e. The zero-order chi connectivity index (χ0) is 21.3. The van der Waals surface area contributed by atoms with E-state index in [2.05, 4.69) is 28.4 Å². The van der Waals surface area contributed by atoms with E-state index in [9.17, 15) is 14.3 Å². The van der Waals surface area contributed by atoms with Gasteiger partial charge in [-0.25, -0.2) is 9.29 Å². The van der Waals surface area contributed by atoms with Crippen LogP contribution in [-0.2, 0) is 4.79 Å². The van der Waals surface area contributed by atoms with Gasteiger partial charge in [-0.15, -0.1) is 0 Å². The Morgan fingerprint density at radius 1 is 1.06 bits per heavy atom. The summed E-state index contributed by atoms with van der Waals surface area (Å²) in [5.41, 5.74) is 4.42. The molecule has 31 heavy (non-hydrogen) atoms.